The van der Waals surface area contributed by atoms with E-state index in [1.54, 1.807) is 13.8 Å². The van der Waals surface area contributed by atoms with Crippen molar-refractivity contribution in [1.82, 2.24) is 0 Å². The maximum atomic E-state index is 14.4. The van der Waals surface area contributed by atoms with Gasteiger partial charge in [0, 0.05) is 31.6 Å². The van der Waals surface area contributed by atoms with Gasteiger partial charge in [-0.2, -0.15) is 0 Å². The van der Waals surface area contributed by atoms with E-state index in [0.717, 1.165) is 11.6 Å². The standard InChI is InChI=1S/C32H48O9/c1-18(2)21-9-10-24-29(6)14-23(37)27(31(8,40)25(38)11-12-28(4,5)41-19(3)35)30(29,7)15-26(39)32(24,17-34)22(21)13-20(36)16-33/h9,11-12,18,22-24,27,33-34,37,40H,10,13-17H2,1-8H3. The van der Waals surface area contributed by atoms with Gasteiger partial charge in [-0.05, 0) is 68.4 Å². The zero-order valence-corrected chi connectivity index (χ0v) is 25.7. The summed E-state index contributed by atoms with van der Waals surface area (Å²) >= 11 is 0. The number of hydrogen-bond donors (Lipinski definition) is 4. The third-order valence-corrected chi connectivity index (χ3v) is 10.7. The number of hydrogen-bond acceptors (Lipinski definition) is 9. The van der Waals surface area contributed by atoms with E-state index < -0.39 is 82.1 Å². The van der Waals surface area contributed by atoms with Gasteiger partial charge in [0.25, 0.3) is 0 Å². The lowest BCUT2D eigenvalue weighted by Crippen LogP contribution is -2.66. The number of ether oxygens (including phenoxy) is 1. The molecule has 8 atom stereocenters. The molecule has 0 saturated heterocycles. The van der Waals surface area contributed by atoms with Crippen molar-refractivity contribution in [2.45, 2.75) is 98.4 Å². The molecule has 9 nitrogen and oxygen atoms in total. The van der Waals surface area contributed by atoms with E-state index >= 15 is 0 Å². The monoisotopic (exact) mass is 576 g/mol. The van der Waals surface area contributed by atoms with E-state index in [2.05, 4.69) is 0 Å². The average molecular weight is 577 g/mol. The Hall–Kier alpha value is -2.20. The van der Waals surface area contributed by atoms with Crippen LogP contribution in [-0.2, 0) is 23.9 Å². The average Bonchev–Trinajstić information content (AvgIpc) is 3.06. The van der Waals surface area contributed by atoms with Crippen molar-refractivity contribution < 1.29 is 44.3 Å². The van der Waals surface area contributed by atoms with Crippen LogP contribution in [0.4, 0.5) is 0 Å². The number of allylic oxidation sites excluding steroid dienone is 2. The van der Waals surface area contributed by atoms with Crippen molar-refractivity contribution in [2.24, 2.45) is 39.9 Å². The molecule has 0 amide bonds. The number of rotatable bonds is 10. The van der Waals surface area contributed by atoms with Crippen LogP contribution in [0.5, 0.6) is 0 Å². The summed E-state index contributed by atoms with van der Waals surface area (Å²) in [6.45, 7) is 12.4. The van der Waals surface area contributed by atoms with Gasteiger partial charge in [-0.3, -0.25) is 19.2 Å². The highest BCUT2D eigenvalue weighted by molar-refractivity contribution is 5.97. The second-order valence-corrected chi connectivity index (χ2v) is 14.0. The summed E-state index contributed by atoms with van der Waals surface area (Å²) in [6.07, 6.45) is 3.88. The molecule has 0 radical (unpaired) electrons. The summed E-state index contributed by atoms with van der Waals surface area (Å²) in [5.41, 5.74) is -5.39. The molecule has 230 valence electrons. The molecule has 3 rings (SSSR count). The molecule has 0 aromatic carbocycles. The Kier molecular flexibility index (Phi) is 9.05. The fourth-order valence-corrected chi connectivity index (χ4v) is 8.82. The largest absolute Gasteiger partial charge is 0.456 e. The van der Waals surface area contributed by atoms with Crippen molar-refractivity contribution in [3.63, 3.8) is 0 Å². The molecule has 41 heavy (non-hydrogen) atoms. The molecule has 2 saturated carbocycles. The molecule has 4 N–H and O–H groups in total. The first-order chi connectivity index (χ1) is 18.7. The molecule has 9 heteroatoms. The highest BCUT2D eigenvalue weighted by atomic mass is 16.6. The van der Waals surface area contributed by atoms with Crippen LogP contribution < -0.4 is 0 Å². The third-order valence-electron chi connectivity index (χ3n) is 10.7. The summed E-state index contributed by atoms with van der Waals surface area (Å²) in [4.78, 5) is 51.8. The molecule has 8 unspecified atom stereocenters. The normalized spacial score (nSPS) is 36.9. The fraction of sp³-hybridized carbons (Fsp3) is 0.750. The maximum Gasteiger partial charge on any atom is 0.303 e. The smallest absolute Gasteiger partial charge is 0.303 e. The van der Waals surface area contributed by atoms with E-state index in [1.165, 1.54) is 19.9 Å². The number of aliphatic hydroxyl groups excluding tert-OH is 3. The molecule has 3 aliphatic rings. The van der Waals surface area contributed by atoms with Crippen LogP contribution in [0, 0.1) is 39.9 Å². The van der Waals surface area contributed by atoms with E-state index in [4.69, 9.17) is 4.74 Å². The van der Waals surface area contributed by atoms with Gasteiger partial charge in [0.05, 0.1) is 18.1 Å². The minimum atomic E-state index is -2.06. The second kappa shape index (κ2) is 11.1. The lowest BCUT2D eigenvalue weighted by molar-refractivity contribution is -0.188. The molecule has 0 spiro atoms. The van der Waals surface area contributed by atoms with Crippen LogP contribution in [0.15, 0.2) is 23.8 Å². The SMILES string of the molecule is CC(=O)OC(C)(C)C=CC(=O)C(C)(O)C1C(O)CC2(C)C3CC=C(C(C)C)C(CC(=O)CO)C3(CO)C(=O)CC12C. The lowest BCUT2D eigenvalue weighted by Gasteiger charge is -2.63. The van der Waals surface area contributed by atoms with Crippen LogP contribution in [0.1, 0.15) is 81.1 Å². The first kappa shape index (κ1) is 33.3. The Morgan fingerprint density at radius 2 is 1.76 bits per heavy atom. The molecule has 0 aromatic rings. The number of aliphatic hydroxyl groups is 4. The van der Waals surface area contributed by atoms with Crippen LogP contribution >= 0.6 is 0 Å². The van der Waals surface area contributed by atoms with Gasteiger partial charge in [-0.1, -0.05) is 39.3 Å². The molecule has 3 aliphatic carbocycles. The summed E-state index contributed by atoms with van der Waals surface area (Å²) in [6, 6.07) is 0. The highest BCUT2D eigenvalue weighted by Gasteiger charge is 2.74. The van der Waals surface area contributed by atoms with Gasteiger partial charge in [0.2, 0.25) is 0 Å². The summed E-state index contributed by atoms with van der Waals surface area (Å²) in [5, 5.41) is 43.8. The van der Waals surface area contributed by atoms with Crippen molar-refractivity contribution in [3.05, 3.63) is 23.8 Å². The summed E-state index contributed by atoms with van der Waals surface area (Å²) < 4.78 is 5.21. The fourth-order valence-electron chi connectivity index (χ4n) is 8.82. The highest BCUT2D eigenvalue weighted by Crippen LogP contribution is 2.73. The van der Waals surface area contributed by atoms with Gasteiger partial charge in [-0.25, -0.2) is 0 Å². The van der Waals surface area contributed by atoms with Crippen molar-refractivity contribution >= 4 is 23.3 Å². The predicted molar refractivity (Wildman–Crippen MR) is 151 cm³/mol. The molecule has 0 aliphatic heterocycles. The minimum absolute atomic E-state index is 0.00748. The molecule has 0 heterocycles. The van der Waals surface area contributed by atoms with Crippen molar-refractivity contribution in [1.29, 1.82) is 0 Å². The number of fused-ring (bicyclic) bond motifs is 3. The number of ketones is 3. The first-order valence-corrected chi connectivity index (χ1v) is 14.6. The summed E-state index contributed by atoms with van der Waals surface area (Å²) in [5.74, 6) is -3.98. The van der Waals surface area contributed by atoms with E-state index in [-0.39, 0.29) is 31.0 Å². The molecule has 0 aromatic heterocycles. The van der Waals surface area contributed by atoms with Crippen molar-refractivity contribution in [2.75, 3.05) is 13.2 Å². The van der Waals surface area contributed by atoms with Gasteiger partial charge >= 0.3 is 5.97 Å². The van der Waals surface area contributed by atoms with Gasteiger partial charge in [0.1, 0.15) is 23.6 Å². The maximum absolute atomic E-state index is 14.4. The lowest BCUT2D eigenvalue weighted by atomic mass is 9.39. The number of carbonyl (C=O) groups is 4. The Morgan fingerprint density at radius 3 is 2.27 bits per heavy atom. The van der Waals surface area contributed by atoms with Gasteiger partial charge in [0.15, 0.2) is 11.6 Å². The third kappa shape index (κ3) is 5.28. The first-order valence-electron chi connectivity index (χ1n) is 14.6. The summed E-state index contributed by atoms with van der Waals surface area (Å²) in [7, 11) is 0. The van der Waals surface area contributed by atoms with Crippen LogP contribution in [-0.4, -0.2) is 74.3 Å². The topological polar surface area (TPSA) is 158 Å². The zero-order chi connectivity index (χ0) is 31.3. The number of carbonyl (C=O) groups excluding carboxylic acids is 4. The van der Waals surface area contributed by atoms with Gasteiger partial charge < -0.3 is 25.2 Å². The van der Waals surface area contributed by atoms with Crippen LogP contribution in [0.25, 0.3) is 0 Å². The Labute approximate surface area is 243 Å². The van der Waals surface area contributed by atoms with E-state index in [9.17, 15) is 39.6 Å². The second-order valence-electron chi connectivity index (χ2n) is 14.0. The predicted octanol–water partition coefficient (Wildman–Crippen LogP) is 2.72. The van der Waals surface area contributed by atoms with Crippen LogP contribution in [0.2, 0.25) is 0 Å². The number of Topliss-reactive ketones (excluding diaryl/α,β-unsaturated/α-hetero) is 2. The number of esters is 1. The quantitative estimate of drug-likeness (QED) is 0.174. The molecule has 0 bridgehead atoms. The van der Waals surface area contributed by atoms with Crippen LogP contribution in [0.3, 0.4) is 0 Å². The molecular weight excluding hydrogens is 528 g/mol. The minimum Gasteiger partial charge on any atom is -0.456 e. The van der Waals surface area contributed by atoms with E-state index in [1.807, 2.05) is 33.8 Å². The Morgan fingerprint density at radius 1 is 1.15 bits per heavy atom. The van der Waals surface area contributed by atoms with Crippen molar-refractivity contribution in [3.8, 4) is 0 Å². The Balaban J connectivity index is 2.11. The van der Waals surface area contributed by atoms with E-state index in [0.29, 0.717) is 6.42 Å². The zero-order valence-electron chi connectivity index (χ0n) is 25.7. The molecular formula is C32H48O9. The molecule has 2 fully saturated rings. The van der Waals surface area contributed by atoms with Gasteiger partial charge in [-0.15, -0.1) is 0 Å². The Bertz CT molecular complexity index is 1150.